The van der Waals surface area contributed by atoms with Crippen LogP contribution in [0.25, 0.3) is 0 Å². The first-order chi connectivity index (χ1) is 10.3. The van der Waals surface area contributed by atoms with Gasteiger partial charge in [-0.05, 0) is 31.4 Å². The molecule has 0 spiro atoms. The predicted octanol–water partition coefficient (Wildman–Crippen LogP) is 1.73. The standard InChI is InChI=1S/C13H14F3NO4S/c14-10-5-8(6-11(15)12(10)16)13(18)17-22(19,20)7-9-3-1-2-4-21-9/h5-6,9H,1-4,7H2,(H,17,18)/t9-/m0/s1. The highest BCUT2D eigenvalue weighted by Gasteiger charge is 2.25. The SMILES string of the molecule is O=C(NS(=O)(=O)C[C@@H]1CCCCO1)c1cc(F)c(F)c(F)c1. The van der Waals surface area contributed by atoms with Crippen LogP contribution < -0.4 is 4.72 Å². The van der Waals surface area contributed by atoms with Crippen LogP contribution in [-0.2, 0) is 14.8 Å². The average molecular weight is 337 g/mol. The van der Waals surface area contributed by atoms with Crippen LogP contribution in [0.1, 0.15) is 29.6 Å². The zero-order valence-electron chi connectivity index (χ0n) is 11.4. The van der Waals surface area contributed by atoms with Gasteiger partial charge in [0.25, 0.3) is 5.91 Å². The fourth-order valence-corrected chi connectivity index (χ4v) is 3.35. The first-order valence-electron chi connectivity index (χ1n) is 6.59. The summed E-state index contributed by atoms with van der Waals surface area (Å²) in [6, 6.07) is 0.862. The molecule has 5 nitrogen and oxygen atoms in total. The van der Waals surface area contributed by atoms with Crippen molar-refractivity contribution in [2.75, 3.05) is 12.4 Å². The van der Waals surface area contributed by atoms with Gasteiger partial charge in [-0.25, -0.2) is 26.3 Å². The van der Waals surface area contributed by atoms with Gasteiger partial charge in [0.05, 0.1) is 11.9 Å². The number of halogens is 3. The van der Waals surface area contributed by atoms with Gasteiger partial charge in [-0.15, -0.1) is 0 Å². The second-order valence-electron chi connectivity index (χ2n) is 4.96. The Bertz CT molecular complexity index is 649. The summed E-state index contributed by atoms with van der Waals surface area (Å²) in [6.07, 6.45) is 1.69. The van der Waals surface area contributed by atoms with Gasteiger partial charge in [0.2, 0.25) is 10.0 Å². The van der Waals surface area contributed by atoms with Gasteiger partial charge < -0.3 is 4.74 Å². The summed E-state index contributed by atoms with van der Waals surface area (Å²) in [7, 11) is -4.03. The highest BCUT2D eigenvalue weighted by Crippen LogP contribution is 2.16. The van der Waals surface area contributed by atoms with Crippen LogP contribution in [-0.4, -0.2) is 32.8 Å². The summed E-state index contributed by atoms with van der Waals surface area (Å²) in [5.74, 6) is -6.52. The lowest BCUT2D eigenvalue weighted by molar-refractivity contribution is 0.0304. The van der Waals surface area contributed by atoms with Gasteiger partial charge in [0.1, 0.15) is 0 Å². The number of nitrogens with one attached hydrogen (secondary N) is 1. The van der Waals surface area contributed by atoms with Crippen LogP contribution in [0.2, 0.25) is 0 Å². The Morgan fingerprint density at radius 2 is 1.86 bits per heavy atom. The van der Waals surface area contributed by atoms with Crippen molar-refractivity contribution in [3.8, 4) is 0 Å². The number of ether oxygens (including phenoxy) is 1. The first-order valence-corrected chi connectivity index (χ1v) is 8.25. The molecule has 1 saturated heterocycles. The highest BCUT2D eigenvalue weighted by molar-refractivity contribution is 7.90. The molecule has 22 heavy (non-hydrogen) atoms. The van der Waals surface area contributed by atoms with Crippen LogP contribution in [0.3, 0.4) is 0 Å². The van der Waals surface area contributed by atoms with Crippen LogP contribution in [0.5, 0.6) is 0 Å². The van der Waals surface area contributed by atoms with E-state index in [0.29, 0.717) is 25.2 Å². The minimum absolute atomic E-state index is 0.426. The molecule has 1 amide bonds. The molecule has 0 unspecified atom stereocenters. The molecule has 0 radical (unpaired) electrons. The third-order valence-corrected chi connectivity index (χ3v) is 4.48. The number of hydrogen-bond acceptors (Lipinski definition) is 4. The van der Waals surface area contributed by atoms with E-state index in [4.69, 9.17) is 4.74 Å². The second kappa shape index (κ2) is 6.66. The smallest absolute Gasteiger partial charge is 0.264 e. The molecule has 1 aromatic carbocycles. The summed E-state index contributed by atoms with van der Waals surface area (Å²) >= 11 is 0. The topological polar surface area (TPSA) is 72.5 Å². The molecule has 1 aromatic rings. The highest BCUT2D eigenvalue weighted by atomic mass is 32.2. The maximum absolute atomic E-state index is 13.0. The van der Waals surface area contributed by atoms with Crippen molar-refractivity contribution in [1.29, 1.82) is 0 Å². The fraction of sp³-hybridized carbons (Fsp3) is 0.462. The maximum Gasteiger partial charge on any atom is 0.264 e. The van der Waals surface area contributed by atoms with Crippen LogP contribution >= 0.6 is 0 Å². The monoisotopic (exact) mass is 337 g/mol. The van der Waals surface area contributed by atoms with E-state index in [-0.39, 0.29) is 0 Å². The molecule has 2 rings (SSSR count). The lowest BCUT2D eigenvalue weighted by Gasteiger charge is -2.22. The largest absolute Gasteiger partial charge is 0.377 e. The van der Waals surface area contributed by atoms with Crippen LogP contribution in [0.4, 0.5) is 13.2 Å². The van der Waals surface area contributed by atoms with Crippen molar-refractivity contribution < 1.29 is 31.1 Å². The summed E-state index contributed by atoms with van der Waals surface area (Å²) in [5, 5.41) is 0. The van der Waals surface area contributed by atoms with E-state index in [1.54, 1.807) is 4.72 Å². The second-order valence-corrected chi connectivity index (χ2v) is 6.72. The van der Waals surface area contributed by atoms with E-state index in [2.05, 4.69) is 0 Å². The Morgan fingerprint density at radius 1 is 1.23 bits per heavy atom. The van der Waals surface area contributed by atoms with E-state index >= 15 is 0 Å². The summed E-state index contributed by atoms with van der Waals surface area (Å²) in [5.41, 5.74) is -0.621. The average Bonchev–Trinajstić information content (AvgIpc) is 2.44. The van der Waals surface area contributed by atoms with Gasteiger partial charge in [0.15, 0.2) is 17.5 Å². The van der Waals surface area contributed by atoms with E-state index in [1.807, 2.05) is 0 Å². The Morgan fingerprint density at radius 3 is 2.41 bits per heavy atom. The first kappa shape index (κ1) is 16.8. The fourth-order valence-electron chi connectivity index (χ4n) is 2.11. The maximum atomic E-state index is 13.0. The number of carbonyl (C=O) groups is 1. The Labute approximate surface area is 125 Å². The molecular formula is C13H14F3NO4S. The molecule has 122 valence electrons. The molecule has 1 heterocycles. The molecule has 1 N–H and O–H groups in total. The van der Waals surface area contributed by atoms with Crippen LogP contribution in [0, 0.1) is 17.5 Å². The third-order valence-electron chi connectivity index (χ3n) is 3.17. The Balaban J connectivity index is 2.07. The lowest BCUT2D eigenvalue weighted by Crippen LogP contribution is -2.38. The number of sulfonamides is 1. The van der Waals surface area contributed by atoms with Gasteiger partial charge in [-0.2, -0.15) is 0 Å². The van der Waals surface area contributed by atoms with Gasteiger partial charge in [-0.1, -0.05) is 0 Å². The molecule has 1 aliphatic heterocycles. The predicted molar refractivity (Wildman–Crippen MR) is 71.2 cm³/mol. The molecule has 0 bridgehead atoms. The number of rotatable bonds is 4. The van der Waals surface area contributed by atoms with Crippen molar-refractivity contribution in [2.45, 2.75) is 25.4 Å². The van der Waals surface area contributed by atoms with Crippen molar-refractivity contribution in [2.24, 2.45) is 0 Å². The summed E-state index contributed by atoms with van der Waals surface area (Å²) in [6.45, 7) is 0.447. The normalized spacial score (nSPS) is 19.0. The van der Waals surface area contributed by atoms with Crippen molar-refractivity contribution in [3.05, 3.63) is 35.1 Å². The zero-order valence-corrected chi connectivity index (χ0v) is 12.3. The molecule has 1 atom stereocenters. The molecule has 0 saturated carbocycles. The number of hydrogen-bond donors (Lipinski definition) is 1. The summed E-state index contributed by atoms with van der Waals surface area (Å²) < 4.78 is 69.5. The quantitative estimate of drug-likeness (QED) is 0.850. The van der Waals surface area contributed by atoms with Crippen molar-refractivity contribution in [3.63, 3.8) is 0 Å². The van der Waals surface area contributed by atoms with E-state index in [0.717, 1.165) is 12.8 Å². The Hall–Kier alpha value is -1.61. The molecule has 0 aliphatic carbocycles. The minimum atomic E-state index is -4.03. The Kier molecular flexibility index (Phi) is 5.07. The molecular weight excluding hydrogens is 323 g/mol. The van der Waals surface area contributed by atoms with Gasteiger partial charge in [-0.3, -0.25) is 4.79 Å². The number of benzene rings is 1. The van der Waals surface area contributed by atoms with Gasteiger partial charge >= 0.3 is 0 Å². The minimum Gasteiger partial charge on any atom is -0.377 e. The number of carbonyl (C=O) groups excluding carboxylic acids is 1. The van der Waals surface area contributed by atoms with E-state index in [1.165, 1.54) is 0 Å². The molecule has 9 heteroatoms. The lowest BCUT2D eigenvalue weighted by atomic mass is 10.1. The zero-order chi connectivity index (χ0) is 16.3. The summed E-state index contributed by atoms with van der Waals surface area (Å²) in [4.78, 5) is 11.7. The van der Waals surface area contributed by atoms with E-state index < -0.39 is 50.8 Å². The van der Waals surface area contributed by atoms with Crippen molar-refractivity contribution >= 4 is 15.9 Å². The third kappa shape index (κ3) is 4.20. The van der Waals surface area contributed by atoms with Crippen molar-refractivity contribution in [1.82, 2.24) is 4.72 Å². The molecule has 1 aliphatic rings. The van der Waals surface area contributed by atoms with Crippen LogP contribution in [0.15, 0.2) is 12.1 Å². The van der Waals surface area contributed by atoms with Gasteiger partial charge in [0, 0.05) is 12.2 Å². The van der Waals surface area contributed by atoms with E-state index in [9.17, 15) is 26.4 Å². The molecule has 0 aromatic heterocycles. The molecule has 1 fully saturated rings. The number of amides is 1.